The van der Waals surface area contributed by atoms with Crippen molar-refractivity contribution >= 4 is 12.4 Å². The van der Waals surface area contributed by atoms with Gasteiger partial charge in [-0.15, -0.1) is 12.4 Å². The minimum Gasteiger partial charge on any atom is -0.494 e. The topological polar surface area (TPSA) is 42.3 Å². The smallest absolute Gasteiger partial charge is 0.144 e. The maximum Gasteiger partial charge on any atom is 0.144 e. The van der Waals surface area contributed by atoms with Crippen molar-refractivity contribution in [1.82, 2.24) is 20.0 Å². The highest BCUT2D eigenvalue weighted by atomic mass is 35.5. The summed E-state index contributed by atoms with van der Waals surface area (Å²) in [5, 5.41) is 7.82. The van der Waals surface area contributed by atoms with Crippen LogP contribution in [0.2, 0.25) is 0 Å². The Labute approximate surface area is 137 Å². The van der Waals surface area contributed by atoms with Gasteiger partial charge in [-0.1, -0.05) is 12.1 Å². The van der Waals surface area contributed by atoms with Crippen LogP contribution in [0.4, 0.5) is 0 Å². The second kappa shape index (κ2) is 7.63. The van der Waals surface area contributed by atoms with E-state index in [4.69, 9.17) is 4.74 Å². The van der Waals surface area contributed by atoms with Crippen LogP contribution >= 0.6 is 12.4 Å². The van der Waals surface area contributed by atoms with Gasteiger partial charge in [0, 0.05) is 31.9 Å². The van der Waals surface area contributed by atoms with Crippen molar-refractivity contribution < 1.29 is 4.74 Å². The number of hydrogen-bond donors (Lipinski definition) is 1. The van der Waals surface area contributed by atoms with Crippen molar-refractivity contribution in [3.05, 3.63) is 42.2 Å². The van der Waals surface area contributed by atoms with Crippen molar-refractivity contribution in [2.24, 2.45) is 0 Å². The van der Waals surface area contributed by atoms with Crippen molar-refractivity contribution in [3.8, 4) is 11.4 Å². The second-order valence-corrected chi connectivity index (χ2v) is 5.42. The fourth-order valence-electron chi connectivity index (χ4n) is 2.91. The Morgan fingerprint density at radius 1 is 1.32 bits per heavy atom. The lowest BCUT2D eigenvalue weighted by Crippen LogP contribution is -2.29. The van der Waals surface area contributed by atoms with Gasteiger partial charge in [0.05, 0.1) is 12.8 Å². The Morgan fingerprint density at radius 2 is 2.14 bits per heavy atom. The number of methoxy groups -OCH3 is 1. The zero-order chi connectivity index (χ0) is 14.7. The summed E-state index contributed by atoms with van der Waals surface area (Å²) in [5.74, 6) is 0.844. The molecule has 5 nitrogen and oxygen atoms in total. The SMILES string of the molecule is CNC1CCN(Cc2ccnn2-c2ccccc2OC)C1.Cl. The highest BCUT2D eigenvalue weighted by molar-refractivity contribution is 5.85. The van der Waals surface area contributed by atoms with Gasteiger partial charge in [0.2, 0.25) is 0 Å². The molecule has 120 valence electrons. The van der Waals surface area contributed by atoms with Crippen LogP contribution in [0, 0.1) is 0 Å². The first-order valence-corrected chi connectivity index (χ1v) is 7.37. The van der Waals surface area contributed by atoms with Crippen LogP contribution < -0.4 is 10.1 Å². The maximum atomic E-state index is 5.44. The van der Waals surface area contributed by atoms with Crippen molar-refractivity contribution in [1.29, 1.82) is 0 Å². The Bertz CT molecular complexity index is 601. The lowest BCUT2D eigenvalue weighted by molar-refractivity contribution is 0.314. The summed E-state index contributed by atoms with van der Waals surface area (Å²) in [6.45, 7) is 3.13. The molecule has 0 radical (unpaired) electrons. The van der Waals surface area contributed by atoms with Gasteiger partial charge in [-0.25, -0.2) is 4.68 Å². The molecule has 1 fully saturated rings. The molecule has 0 amide bonds. The van der Waals surface area contributed by atoms with Crippen LogP contribution in [0.5, 0.6) is 5.75 Å². The van der Waals surface area contributed by atoms with Crippen LogP contribution in [-0.4, -0.2) is 48.0 Å². The predicted molar refractivity (Wildman–Crippen MR) is 90.1 cm³/mol. The molecule has 0 bridgehead atoms. The zero-order valence-corrected chi connectivity index (χ0v) is 13.8. The zero-order valence-electron chi connectivity index (χ0n) is 13.0. The molecule has 1 N–H and O–H groups in total. The number of halogens is 1. The van der Waals surface area contributed by atoms with Gasteiger partial charge in [0.15, 0.2) is 0 Å². The lowest BCUT2D eigenvalue weighted by atomic mass is 10.3. The van der Waals surface area contributed by atoms with Crippen molar-refractivity contribution in [3.63, 3.8) is 0 Å². The third-order valence-corrected chi connectivity index (χ3v) is 4.10. The monoisotopic (exact) mass is 322 g/mol. The fraction of sp³-hybridized carbons (Fsp3) is 0.438. The van der Waals surface area contributed by atoms with Crippen LogP contribution in [0.15, 0.2) is 36.5 Å². The van der Waals surface area contributed by atoms with E-state index >= 15 is 0 Å². The Balaban J connectivity index is 0.00000176. The molecule has 1 aliphatic heterocycles. The number of nitrogens with zero attached hydrogens (tertiary/aromatic N) is 3. The number of rotatable bonds is 5. The number of aromatic nitrogens is 2. The summed E-state index contributed by atoms with van der Waals surface area (Å²) in [6.07, 6.45) is 3.06. The van der Waals surface area contributed by atoms with Crippen LogP contribution in [0.3, 0.4) is 0 Å². The molecule has 1 atom stereocenters. The molecular formula is C16H23ClN4O. The third-order valence-electron chi connectivity index (χ3n) is 4.10. The molecule has 2 heterocycles. The number of para-hydroxylation sites is 2. The normalized spacial score (nSPS) is 18.2. The van der Waals surface area contributed by atoms with E-state index < -0.39 is 0 Å². The number of benzene rings is 1. The third kappa shape index (κ3) is 3.43. The molecule has 1 aromatic heterocycles. The van der Waals surface area contributed by atoms with E-state index in [1.807, 2.05) is 42.2 Å². The van der Waals surface area contributed by atoms with Gasteiger partial charge in [-0.3, -0.25) is 4.90 Å². The Hall–Kier alpha value is -1.56. The molecule has 1 unspecified atom stereocenters. The van der Waals surface area contributed by atoms with Crippen molar-refractivity contribution in [2.75, 3.05) is 27.2 Å². The average molecular weight is 323 g/mol. The number of ether oxygens (including phenoxy) is 1. The van der Waals surface area contributed by atoms with Gasteiger partial charge in [0.1, 0.15) is 11.4 Å². The van der Waals surface area contributed by atoms with E-state index in [9.17, 15) is 0 Å². The largest absolute Gasteiger partial charge is 0.494 e. The van der Waals surface area contributed by atoms with E-state index in [1.54, 1.807) is 7.11 Å². The molecule has 1 saturated heterocycles. The first-order valence-electron chi connectivity index (χ1n) is 7.37. The maximum absolute atomic E-state index is 5.44. The summed E-state index contributed by atoms with van der Waals surface area (Å²) < 4.78 is 7.42. The van der Waals surface area contributed by atoms with Gasteiger partial charge >= 0.3 is 0 Å². The number of hydrogen-bond acceptors (Lipinski definition) is 4. The van der Waals surface area contributed by atoms with E-state index in [0.717, 1.165) is 31.1 Å². The molecule has 6 heteroatoms. The van der Waals surface area contributed by atoms with Crippen LogP contribution in [-0.2, 0) is 6.54 Å². The van der Waals surface area contributed by atoms with Gasteiger partial charge < -0.3 is 10.1 Å². The summed E-state index contributed by atoms with van der Waals surface area (Å²) in [4.78, 5) is 2.46. The standard InChI is InChI=1S/C16H22N4O.ClH/c1-17-13-8-10-19(11-13)12-14-7-9-18-20(14)15-5-3-4-6-16(15)21-2;/h3-7,9,13,17H,8,10-12H2,1-2H3;1H. The van der Waals surface area contributed by atoms with E-state index in [0.29, 0.717) is 6.04 Å². The van der Waals surface area contributed by atoms with Crippen LogP contribution in [0.25, 0.3) is 5.69 Å². The van der Waals surface area contributed by atoms with E-state index in [1.165, 1.54) is 12.1 Å². The number of likely N-dealkylation sites (tertiary alicyclic amines) is 1. The summed E-state index contributed by atoms with van der Waals surface area (Å²) in [6, 6.07) is 10.7. The van der Waals surface area contributed by atoms with Crippen LogP contribution in [0.1, 0.15) is 12.1 Å². The summed E-state index contributed by atoms with van der Waals surface area (Å²) in [7, 11) is 3.73. The molecule has 3 rings (SSSR count). The molecule has 0 spiro atoms. The molecule has 0 saturated carbocycles. The fourth-order valence-corrected chi connectivity index (χ4v) is 2.91. The van der Waals surface area contributed by atoms with Gasteiger partial charge in [-0.05, 0) is 31.7 Å². The Morgan fingerprint density at radius 3 is 2.86 bits per heavy atom. The minimum absolute atomic E-state index is 0. The van der Waals surface area contributed by atoms with Gasteiger partial charge in [-0.2, -0.15) is 5.10 Å². The Kier molecular flexibility index (Phi) is 5.83. The molecular weight excluding hydrogens is 300 g/mol. The second-order valence-electron chi connectivity index (χ2n) is 5.42. The molecule has 1 aromatic carbocycles. The summed E-state index contributed by atoms with van der Waals surface area (Å²) in [5.41, 5.74) is 2.18. The van der Waals surface area contributed by atoms with E-state index in [2.05, 4.69) is 21.4 Å². The first-order chi connectivity index (χ1) is 10.3. The quantitative estimate of drug-likeness (QED) is 0.915. The van der Waals surface area contributed by atoms with Crippen molar-refractivity contribution in [2.45, 2.75) is 19.0 Å². The average Bonchev–Trinajstić information content (AvgIpc) is 3.17. The van der Waals surface area contributed by atoms with E-state index in [-0.39, 0.29) is 12.4 Å². The first kappa shape index (κ1) is 16.8. The molecule has 0 aliphatic carbocycles. The minimum atomic E-state index is 0. The molecule has 1 aliphatic rings. The lowest BCUT2D eigenvalue weighted by Gasteiger charge is -2.17. The highest BCUT2D eigenvalue weighted by Gasteiger charge is 2.22. The molecule has 2 aromatic rings. The number of nitrogens with one attached hydrogen (secondary N) is 1. The highest BCUT2D eigenvalue weighted by Crippen LogP contribution is 2.24. The molecule has 22 heavy (non-hydrogen) atoms. The predicted octanol–water partition coefficient (Wildman–Crippen LogP) is 2.10. The summed E-state index contributed by atoms with van der Waals surface area (Å²) >= 11 is 0. The number of likely N-dealkylation sites (N-methyl/N-ethyl adjacent to an activating group) is 1. The van der Waals surface area contributed by atoms with Gasteiger partial charge in [0.25, 0.3) is 0 Å².